The van der Waals surface area contributed by atoms with Gasteiger partial charge in [0.2, 0.25) is 9.84 Å². The second kappa shape index (κ2) is 9.65. The highest BCUT2D eigenvalue weighted by atomic mass is 32.2. The summed E-state index contributed by atoms with van der Waals surface area (Å²) >= 11 is 0. The minimum absolute atomic E-state index is 0.0481. The van der Waals surface area contributed by atoms with Crippen LogP contribution in [-0.2, 0) is 14.6 Å². The number of Topliss-reactive ketones (excluding diaryl/α,β-unsaturated/α-hetero) is 1. The molecule has 3 aromatic rings. The van der Waals surface area contributed by atoms with Gasteiger partial charge in [0.15, 0.2) is 5.78 Å². The van der Waals surface area contributed by atoms with Crippen molar-refractivity contribution in [1.29, 1.82) is 0 Å². The lowest BCUT2D eigenvalue weighted by Gasteiger charge is -2.37. The zero-order chi connectivity index (χ0) is 28.1. The van der Waals surface area contributed by atoms with Gasteiger partial charge in [-0.3, -0.25) is 4.79 Å². The van der Waals surface area contributed by atoms with Crippen LogP contribution in [0.1, 0.15) is 54.9 Å². The number of carbonyl (C=O) groups is 1. The van der Waals surface area contributed by atoms with Gasteiger partial charge in [0, 0.05) is 29.0 Å². The molecule has 0 spiro atoms. The maximum Gasteiger partial charge on any atom is 0.206 e. The standard InChI is InChI=1S/C32H32N2O4S/c1-19-5-9-22(10-6-19)30(36)29-27(28-25(34-31(29)33)17-32(3,4)18-26(28)35)21-11-15-24(16-12-21)39(37,38)23-13-7-20(2)8-14-23/h5-16,27,36H,17-18H2,1-4H3,(H2,33,34). The van der Waals surface area contributed by atoms with Crippen molar-refractivity contribution >= 4 is 27.2 Å². The number of hydrogen-bond acceptors (Lipinski definition) is 6. The van der Waals surface area contributed by atoms with E-state index in [4.69, 9.17) is 5.73 Å². The molecule has 1 aliphatic heterocycles. The van der Waals surface area contributed by atoms with Gasteiger partial charge in [0.1, 0.15) is 11.6 Å². The average molecular weight is 541 g/mol. The smallest absolute Gasteiger partial charge is 0.206 e. The first-order chi connectivity index (χ1) is 18.4. The zero-order valence-electron chi connectivity index (χ0n) is 22.5. The Balaban J connectivity index is 1.66. The third-order valence-corrected chi connectivity index (χ3v) is 9.23. The van der Waals surface area contributed by atoms with E-state index in [2.05, 4.69) is 4.99 Å². The van der Waals surface area contributed by atoms with Gasteiger partial charge in [0.25, 0.3) is 0 Å². The number of aliphatic hydroxyl groups excluding tert-OH is 1. The maximum atomic E-state index is 13.6. The van der Waals surface area contributed by atoms with Crippen LogP contribution in [0.2, 0.25) is 0 Å². The Hall–Kier alpha value is -3.97. The highest BCUT2D eigenvalue weighted by Gasteiger charge is 2.42. The van der Waals surface area contributed by atoms with Gasteiger partial charge in [-0.2, -0.15) is 0 Å². The fourth-order valence-corrected chi connectivity index (χ4v) is 6.64. The summed E-state index contributed by atoms with van der Waals surface area (Å²) in [6, 6.07) is 20.6. The number of aryl methyl sites for hydroxylation is 2. The summed E-state index contributed by atoms with van der Waals surface area (Å²) < 4.78 is 26.5. The van der Waals surface area contributed by atoms with Gasteiger partial charge >= 0.3 is 0 Å². The van der Waals surface area contributed by atoms with E-state index in [9.17, 15) is 18.3 Å². The molecule has 1 heterocycles. The van der Waals surface area contributed by atoms with Crippen molar-refractivity contribution in [2.24, 2.45) is 16.1 Å². The normalized spacial score (nSPS) is 20.4. The molecule has 200 valence electrons. The van der Waals surface area contributed by atoms with Crippen LogP contribution < -0.4 is 5.73 Å². The summed E-state index contributed by atoms with van der Waals surface area (Å²) in [5.41, 5.74) is 10.9. The van der Waals surface area contributed by atoms with Gasteiger partial charge < -0.3 is 10.8 Å². The van der Waals surface area contributed by atoms with Gasteiger partial charge in [0.05, 0.1) is 15.5 Å². The number of nitrogens with zero attached hydrogens (tertiary/aromatic N) is 1. The van der Waals surface area contributed by atoms with Gasteiger partial charge in [-0.1, -0.05) is 73.5 Å². The van der Waals surface area contributed by atoms with Crippen LogP contribution in [0.25, 0.3) is 5.76 Å². The van der Waals surface area contributed by atoms with Crippen LogP contribution in [0.5, 0.6) is 0 Å². The Bertz CT molecular complexity index is 1660. The molecule has 3 N–H and O–H groups in total. The second-order valence-corrected chi connectivity index (χ2v) is 13.2. The molecule has 2 aliphatic rings. The Morgan fingerprint density at radius 1 is 0.872 bits per heavy atom. The quantitative estimate of drug-likeness (QED) is 0.383. The minimum Gasteiger partial charge on any atom is -0.507 e. The van der Waals surface area contributed by atoms with Crippen molar-refractivity contribution in [2.75, 3.05) is 0 Å². The Labute approximate surface area is 229 Å². The third kappa shape index (κ3) is 4.94. The molecule has 3 aromatic carbocycles. The van der Waals surface area contributed by atoms with E-state index >= 15 is 0 Å². The first kappa shape index (κ1) is 26.6. The SMILES string of the molecule is Cc1ccc(C(O)=C2C(N)=NC3=C(C(=O)CC(C)(C)C3)C2c2ccc(S(=O)(=O)c3ccc(C)cc3)cc2)cc1. The highest BCUT2D eigenvalue weighted by molar-refractivity contribution is 7.91. The molecule has 1 atom stereocenters. The molecule has 0 saturated heterocycles. The van der Waals surface area contributed by atoms with E-state index in [0.29, 0.717) is 40.8 Å². The van der Waals surface area contributed by atoms with E-state index < -0.39 is 15.8 Å². The first-order valence-electron chi connectivity index (χ1n) is 12.9. The molecule has 0 saturated carbocycles. The number of sulfone groups is 1. The lowest BCUT2D eigenvalue weighted by atomic mass is 9.68. The molecule has 0 radical (unpaired) electrons. The molecule has 1 unspecified atom stereocenters. The van der Waals surface area contributed by atoms with Crippen molar-refractivity contribution in [3.8, 4) is 0 Å². The second-order valence-electron chi connectivity index (χ2n) is 11.2. The summed E-state index contributed by atoms with van der Waals surface area (Å²) in [7, 11) is -3.73. The number of aliphatic imine (C=N–C) groups is 1. The molecule has 39 heavy (non-hydrogen) atoms. The number of ketones is 1. The van der Waals surface area contributed by atoms with Crippen molar-refractivity contribution in [3.63, 3.8) is 0 Å². The molecule has 1 aliphatic carbocycles. The first-order valence-corrected chi connectivity index (χ1v) is 14.4. The molecular formula is C32H32N2O4S. The number of carbonyl (C=O) groups excluding carboxylic acids is 1. The molecule has 0 bridgehead atoms. The molecular weight excluding hydrogens is 508 g/mol. The van der Waals surface area contributed by atoms with Crippen molar-refractivity contribution < 1.29 is 18.3 Å². The number of aliphatic hydroxyl groups is 1. The fraction of sp³-hybridized carbons (Fsp3) is 0.250. The lowest BCUT2D eigenvalue weighted by Crippen LogP contribution is -2.35. The molecule has 0 aromatic heterocycles. The molecule has 0 amide bonds. The van der Waals surface area contributed by atoms with Crippen molar-refractivity contribution in [3.05, 3.63) is 112 Å². The number of amidine groups is 1. The predicted molar refractivity (Wildman–Crippen MR) is 153 cm³/mol. The summed E-state index contributed by atoms with van der Waals surface area (Å²) in [6.07, 6.45) is 0.917. The monoisotopic (exact) mass is 540 g/mol. The predicted octanol–water partition coefficient (Wildman–Crippen LogP) is 6.20. The van der Waals surface area contributed by atoms with Crippen molar-refractivity contribution in [2.45, 2.75) is 56.2 Å². The van der Waals surface area contributed by atoms with E-state index in [1.54, 1.807) is 60.7 Å². The molecule has 5 rings (SSSR count). The topological polar surface area (TPSA) is 110 Å². The number of nitrogens with two attached hydrogens (primary N) is 1. The summed E-state index contributed by atoms with van der Waals surface area (Å²) in [5.74, 6) is -0.632. The van der Waals surface area contributed by atoms with E-state index in [1.807, 2.05) is 39.8 Å². The average Bonchev–Trinajstić information content (AvgIpc) is 2.87. The summed E-state index contributed by atoms with van der Waals surface area (Å²) in [6.45, 7) is 7.90. The van der Waals surface area contributed by atoms with E-state index in [1.165, 1.54) is 0 Å². The Kier molecular flexibility index (Phi) is 6.59. The fourth-order valence-electron chi connectivity index (χ4n) is 5.38. The van der Waals surface area contributed by atoms with Crippen LogP contribution in [0.3, 0.4) is 0 Å². The van der Waals surface area contributed by atoms with Crippen LogP contribution >= 0.6 is 0 Å². The number of allylic oxidation sites excluding steroid dienone is 2. The van der Waals surface area contributed by atoms with Crippen LogP contribution in [0, 0.1) is 19.3 Å². The summed E-state index contributed by atoms with van der Waals surface area (Å²) in [4.78, 5) is 18.5. The third-order valence-electron chi connectivity index (χ3n) is 7.44. The highest BCUT2D eigenvalue weighted by Crippen LogP contribution is 2.48. The Morgan fingerprint density at radius 3 is 1.95 bits per heavy atom. The maximum absolute atomic E-state index is 13.6. The van der Waals surface area contributed by atoms with Crippen LogP contribution in [-0.4, -0.2) is 25.1 Å². The van der Waals surface area contributed by atoms with Gasteiger partial charge in [-0.05, 0) is 55.5 Å². The Morgan fingerprint density at radius 2 is 1.38 bits per heavy atom. The number of rotatable bonds is 4. The van der Waals surface area contributed by atoms with Crippen LogP contribution in [0.15, 0.2) is 104 Å². The zero-order valence-corrected chi connectivity index (χ0v) is 23.3. The van der Waals surface area contributed by atoms with E-state index in [0.717, 1.165) is 11.1 Å². The van der Waals surface area contributed by atoms with Gasteiger partial charge in [-0.25, -0.2) is 13.4 Å². The van der Waals surface area contributed by atoms with Gasteiger partial charge in [-0.15, -0.1) is 0 Å². The molecule has 6 nitrogen and oxygen atoms in total. The van der Waals surface area contributed by atoms with Crippen molar-refractivity contribution in [1.82, 2.24) is 0 Å². The number of benzene rings is 3. The lowest BCUT2D eigenvalue weighted by molar-refractivity contribution is -0.118. The molecule has 7 heteroatoms. The molecule has 0 fully saturated rings. The van der Waals surface area contributed by atoms with Crippen LogP contribution in [0.4, 0.5) is 0 Å². The van der Waals surface area contributed by atoms with E-state index in [-0.39, 0.29) is 32.6 Å². The number of hydrogen-bond donors (Lipinski definition) is 2. The largest absolute Gasteiger partial charge is 0.507 e. The summed E-state index contributed by atoms with van der Waals surface area (Å²) in [5, 5.41) is 11.5. The minimum atomic E-state index is -3.73.